The first-order valence-electron chi connectivity index (χ1n) is 10.8. The molecule has 1 amide bonds. The molecule has 0 unspecified atom stereocenters. The minimum Gasteiger partial charge on any atom is -0.495 e. The van der Waals surface area contributed by atoms with Gasteiger partial charge in [-0.3, -0.25) is 9.69 Å². The lowest BCUT2D eigenvalue weighted by atomic mass is 10.1. The Hall–Kier alpha value is -3.21. The molecule has 172 valence electrons. The Labute approximate surface area is 195 Å². The van der Waals surface area contributed by atoms with Gasteiger partial charge in [0.1, 0.15) is 17.6 Å². The summed E-state index contributed by atoms with van der Waals surface area (Å²) >= 11 is 1.65. The highest BCUT2D eigenvalue weighted by atomic mass is 32.1. The average Bonchev–Trinajstić information content (AvgIpc) is 3.48. The van der Waals surface area contributed by atoms with Crippen molar-refractivity contribution >= 4 is 38.7 Å². The number of thiophene rings is 1. The van der Waals surface area contributed by atoms with Crippen LogP contribution >= 0.6 is 11.3 Å². The first-order chi connectivity index (χ1) is 16.0. The predicted octanol–water partition coefficient (Wildman–Crippen LogP) is 2.94. The number of benzene rings is 1. The van der Waals surface area contributed by atoms with Crippen molar-refractivity contribution in [1.29, 1.82) is 0 Å². The number of nitrogens with zero attached hydrogens (tertiary/aromatic N) is 4. The number of anilines is 1. The van der Waals surface area contributed by atoms with E-state index in [1.807, 2.05) is 22.4 Å². The lowest BCUT2D eigenvalue weighted by molar-refractivity contribution is -0.118. The van der Waals surface area contributed by atoms with Crippen LogP contribution in [0.3, 0.4) is 0 Å². The van der Waals surface area contributed by atoms with E-state index in [1.54, 1.807) is 18.4 Å². The topological polar surface area (TPSA) is 107 Å². The van der Waals surface area contributed by atoms with Crippen LogP contribution in [0.1, 0.15) is 23.7 Å². The van der Waals surface area contributed by atoms with E-state index >= 15 is 0 Å². The fourth-order valence-corrected chi connectivity index (χ4v) is 5.59. The quantitative estimate of drug-likeness (QED) is 0.431. The molecule has 33 heavy (non-hydrogen) atoms. The summed E-state index contributed by atoms with van der Waals surface area (Å²) in [7, 11) is 1.69. The molecule has 0 atom stereocenters. The second-order valence-corrected chi connectivity index (χ2v) is 9.14. The standard InChI is InChI=1S/C23H26N6O3S/c1-4-32-10-15-16(8-28-9-19(30)26-12-28)29-21(23(24)25-11-27-29)20(15)18-7-14-5-13(2)6-17(31-3)22(14)33-18/h5-7,11H,4,8-10,12H2,1-3H3,(H,26,30)(H2,24,25,27). The number of aromatic nitrogens is 3. The van der Waals surface area contributed by atoms with Crippen molar-refractivity contribution in [2.75, 3.05) is 32.7 Å². The van der Waals surface area contributed by atoms with Gasteiger partial charge < -0.3 is 20.5 Å². The largest absolute Gasteiger partial charge is 0.495 e. The molecule has 4 heterocycles. The van der Waals surface area contributed by atoms with Crippen molar-refractivity contribution in [2.45, 2.75) is 27.0 Å². The van der Waals surface area contributed by atoms with Gasteiger partial charge >= 0.3 is 0 Å². The van der Waals surface area contributed by atoms with Crippen molar-refractivity contribution in [2.24, 2.45) is 0 Å². The SMILES string of the molecule is CCOCc1c(-c2cc3cc(C)cc(OC)c3s2)c2c(N)ncnn2c1CN1CNC(=O)C1. The lowest BCUT2D eigenvalue weighted by Crippen LogP contribution is -2.23. The van der Waals surface area contributed by atoms with Crippen LogP contribution in [0.25, 0.3) is 26.0 Å². The molecule has 0 aliphatic carbocycles. The third kappa shape index (κ3) is 3.79. The Balaban J connectivity index is 1.75. The van der Waals surface area contributed by atoms with Crippen LogP contribution in [0.2, 0.25) is 0 Å². The number of amides is 1. The second-order valence-electron chi connectivity index (χ2n) is 8.08. The van der Waals surface area contributed by atoms with Gasteiger partial charge in [0.2, 0.25) is 5.91 Å². The van der Waals surface area contributed by atoms with Crippen molar-refractivity contribution in [1.82, 2.24) is 24.8 Å². The van der Waals surface area contributed by atoms with Gasteiger partial charge in [0.05, 0.1) is 37.3 Å². The molecular formula is C23H26N6O3S. The van der Waals surface area contributed by atoms with Crippen LogP contribution in [0, 0.1) is 6.92 Å². The van der Waals surface area contributed by atoms with Crippen molar-refractivity contribution in [3.63, 3.8) is 0 Å². The summed E-state index contributed by atoms with van der Waals surface area (Å²) in [5.74, 6) is 1.27. The summed E-state index contributed by atoms with van der Waals surface area (Å²) in [6.45, 7) is 6.39. The maximum absolute atomic E-state index is 11.8. The number of nitrogens with two attached hydrogens (primary N) is 1. The number of methoxy groups -OCH3 is 1. The molecule has 1 saturated heterocycles. The van der Waals surface area contributed by atoms with Gasteiger partial charge in [0.25, 0.3) is 0 Å². The number of aryl methyl sites for hydroxylation is 1. The molecule has 0 saturated carbocycles. The third-order valence-electron chi connectivity index (χ3n) is 5.84. The van der Waals surface area contributed by atoms with E-state index in [2.05, 4.69) is 34.5 Å². The zero-order chi connectivity index (χ0) is 23.1. The predicted molar refractivity (Wildman–Crippen MR) is 128 cm³/mol. The monoisotopic (exact) mass is 466 g/mol. The van der Waals surface area contributed by atoms with Gasteiger partial charge in [-0.1, -0.05) is 6.07 Å². The van der Waals surface area contributed by atoms with E-state index in [9.17, 15) is 4.79 Å². The normalized spacial score (nSPS) is 14.5. The molecule has 0 spiro atoms. The van der Waals surface area contributed by atoms with E-state index in [1.165, 1.54) is 6.33 Å². The Morgan fingerprint density at radius 1 is 1.30 bits per heavy atom. The van der Waals surface area contributed by atoms with Crippen LogP contribution in [-0.2, 0) is 22.7 Å². The molecular weight excluding hydrogens is 440 g/mol. The number of hydrogen-bond acceptors (Lipinski definition) is 8. The Kier molecular flexibility index (Phi) is 5.65. The highest BCUT2D eigenvalue weighted by molar-refractivity contribution is 7.22. The van der Waals surface area contributed by atoms with Gasteiger partial charge in [0, 0.05) is 29.2 Å². The van der Waals surface area contributed by atoms with Crippen LogP contribution in [0.15, 0.2) is 24.5 Å². The fourth-order valence-electron chi connectivity index (χ4n) is 4.39. The number of hydrogen-bond donors (Lipinski definition) is 2. The highest BCUT2D eigenvalue weighted by Crippen LogP contribution is 2.44. The van der Waals surface area contributed by atoms with Crippen molar-refractivity contribution < 1.29 is 14.3 Å². The summed E-state index contributed by atoms with van der Waals surface area (Å²) < 4.78 is 14.5. The Bertz CT molecular complexity index is 1360. The van der Waals surface area contributed by atoms with Gasteiger partial charge in [-0.2, -0.15) is 5.10 Å². The number of carbonyl (C=O) groups excluding carboxylic acids is 1. The smallest absolute Gasteiger partial charge is 0.235 e. The molecule has 5 rings (SSSR count). The Morgan fingerprint density at radius 3 is 2.88 bits per heavy atom. The number of nitrogens with one attached hydrogen (secondary N) is 1. The molecule has 0 radical (unpaired) electrons. The summed E-state index contributed by atoms with van der Waals surface area (Å²) in [5, 5.41) is 8.51. The minimum absolute atomic E-state index is 0.0172. The van der Waals surface area contributed by atoms with Gasteiger partial charge in [-0.25, -0.2) is 9.50 Å². The summed E-state index contributed by atoms with van der Waals surface area (Å²) in [6.07, 6.45) is 1.46. The molecule has 9 nitrogen and oxygen atoms in total. The van der Waals surface area contributed by atoms with Gasteiger partial charge in [-0.05, 0) is 36.9 Å². The summed E-state index contributed by atoms with van der Waals surface area (Å²) in [4.78, 5) is 19.2. The summed E-state index contributed by atoms with van der Waals surface area (Å²) in [6, 6.07) is 6.36. The molecule has 0 bridgehead atoms. The lowest BCUT2D eigenvalue weighted by Gasteiger charge is -2.14. The zero-order valence-corrected chi connectivity index (χ0v) is 19.7. The minimum atomic E-state index is 0.0172. The number of rotatable bonds is 7. The first-order valence-corrected chi connectivity index (χ1v) is 11.6. The maximum Gasteiger partial charge on any atom is 0.235 e. The molecule has 10 heteroatoms. The number of nitrogen functional groups attached to an aromatic ring is 1. The van der Waals surface area contributed by atoms with E-state index in [-0.39, 0.29) is 5.91 Å². The van der Waals surface area contributed by atoms with Crippen LogP contribution in [-0.4, -0.2) is 52.3 Å². The molecule has 1 aliphatic heterocycles. The second kappa shape index (κ2) is 8.62. The highest BCUT2D eigenvalue weighted by Gasteiger charge is 2.28. The van der Waals surface area contributed by atoms with E-state index in [4.69, 9.17) is 15.2 Å². The molecule has 1 aromatic carbocycles. The third-order valence-corrected chi connectivity index (χ3v) is 7.03. The maximum atomic E-state index is 11.8. The van der Waals surface area contributed by atoms with Crippen LogP contribution < -0.4 is 15.8 Å². The average molecular weight is 467 g/mol. The van der Waals surface area contributed by atoms with Crippen LogP contribution in [0.5, 0.6) is 5.75 Å². The molecule has 4 aromatic rings. The Morgan fingerprint density at radius 2 is 2.15 bits per heavy atom. The zero-order valence-electron chi connectivity index (χ0n) is 18.8. The van der Waals surface area contributed by atoms with E-state index in [0.717, 1.165) is 48.6 Å². The number of fused-ring (bicyclic) bond motifs is 2. The molecule has 3 aromatic heterocycles. The van der Waals surface area contributed by atoms with E-state index in [0.29, 0.717) is 38.8 Å². The molecule has 1 fully saturated rings. The molecule has 3 N–H and O–H groups in total. The molecule has 1 aliphatic rings. The van der Waals surface area contributed by atoms with Gasteiger partial charge in [0.15, 0.2) is 5.82 Å². The van der Waals surface area contributed by atoms with Crippen LogP contribution in [0.4, 0.5) is 5.82 Å². The van der Waals surface area contributed by atoms with Crippen molar-refractivity contribution in [3.8, 4) is 16.2 Å². The van der Waals surface area contributed by atoms with E-state index < -0.39 is 0 Å². The first kappa shape index (κ1) is 21.6. The fraction of sp³-hybridized carbons (Fsp3) is 0.348. The van der Waals surface area contributed by atoms with Gasteiger partial charge in [-0.15, -0.1) is 11.3 Å². The summed E-state index contributed by atoms with van der Waals surface area (Å²) in [5.41, 5.74) is 11.2. The van der Waals surface area contributed by atoms with Crippen molar-refractivity contribution in [3.05, 3.63) is 41.3 Å². The number of carbonyl (C=O) groups is 1. The number of ether oxygens (including phenoxy) is 2.